The number of anilines is 1. The molecule has 1 amide bonds. The summed E-state index contributed by atoms with van der Waals surface area (Å²) in [5, 5.41) is 4.34. The second kappa shape index (κ2) is 10.2. The van der Waals surface area contributed by atoms with E-state index in [9.17, 15) is 13.2 Å². The molecule has 0 saturated carbocycles. The average molecular weight is 517 g/mol. The summed E-state index contributed by atoms with van der Waals surface area (Å²) in [5.41, 5.74) is 8.10. The molecule has 0 atom stereocenters. The van der Waals surface area contributed by atoms with Crippen LogP contribution in [0.3, 0.4) is 0 Å². The largest absolute Gasteiger partial charge is 0.444 e. The van der Waals surface area contributed by atoms with Crippen molar-refractivity contribution in [2.75, 3.05) is 30.3 Å². The first-order valence-electron chi connectivity index (χ1n) is 12.4. The smallest absolute Gasteiger partial charge is 0.410 e. The summed E-state index contributed by atoms with van der Waals surface area (Å²) in [4.78, 5) is 23.7. The van der Waals surface area contributed by atoms with Crippen LogP contribution in [0.1, 0.15) is 46.4 Å². The van der Waals surface area contributed by atoms with E-state index < -0.39 is 21.5 Å². The van der Waals surface area contributed by atoms with Crippen molar-refractivity contribution >= 4 is 43.7 Å². The minimum absolute atomic E-state index is 0.0104. The van der Waals surface area contributed by atoms with Crippen LogP contribution in [0.15, 0.2) is 24.3 Å². The number of nitrogen functional groups attached to an aromatic ring is 1. The van der Waals surface area contributed by atoms with E-state index in [4.69, 9.17) is 15.5 Å². The zero-order valence-corrected chi connectivity index (χ0v) is 22.3. The fourth-order valence-electron chi connectivity index (χ4n) is 4.53. The van der Waals surface area contributed by atoms with E-state index in [-0.39, 0.29) is 17.5 Å². The molecule has 2 aromatic heterocycles. The third kappa shape index (κ3) is 5.73. The lowest BCUT2D eigenvalue weighted by Crippen LogP contribution is -2.56. The lowest BCUT2D eigenvalue weighted by molar-refractivity contribution is 0.0181. The van der Waals surface area contributed by atoms with E-state index in [1.807, 2.05) is 52.0 Å². The number of carbonyl (C=O) groups excluding carboxylic acids is 1. The number of amides is 1. The van der Waals surface area contributed by atoms with Crippen LogP contribution in [0.4, 0.5) is 10.6 Å². The van der Waals surface area contributed by atoms with Crippen LogP contribution < -0.4 is 11.1 Å². The first kappa shape index (κ1) is 26.2. The van der Waals surface area contributed by atoms with Gasteiger partial charge in [-0.1, -0.05) is 25.1 Å². The minimum atomic E-state index is -3.07. The molecule has 1 fully saturated rings. The second-order valence-electron chi connectivity index (χ2n) is 10.3. The first-order chi connectivity index (χ1) is 17.0. The molecule has 3 heterocycles. The van der Waals surface area contributed by atoms with E-state index in [0.717, 1.165) is 35.2 Å². The standard InChI is InChI=1S/C25H36N6O4S/c1-5-27-14-20-29-21-22(18-10-6-7-11-19(18)28-23(21)26)31(20)13-9-8-12-30(17-15-36(33,34)16-17)24(32)35-25(2,3)4/h6-7,10-11,17,27H,5,8-9,12-16H2,1-4H3,(H2,26,28). The zero-order chi connectivity index (χ0) is 26.1. The van der Waals surface area contributed by atoms with Gasteiger partial charge in [-0.2, -0.15) is 0 Å². The number of fused-ring (bicyclic) bond motifs is 3. The minimum Gasteiger partial charge on any atom is -0.444 e. The Kier molecular flexibility index (Phi) is 7.42. The number of unbranched alkanes of at least 4 members (excludes halogenated alkanes) is 1. The van der Waals surface area contributed by atoms with Gasteiger partial charge in [0.15, 0.2) is 15.7 Å². The molecule has 1 aromatic carbocycles. The number of aromatic nitrogens is 3. The molecule has 0 radical (unpaired) electrons. The van der Waals surface area contributed by atoms with Crippen LogP contribution in [0.5, 0.6) is 0 Å². The van der Waals surface area contributed by atoms with Crippen LogP contribution in [0.2, 0.25) is 0 Å². The van der Waals surface area contributed by atoms with Crippen molar-refractivity contribution in [2.24, 2.45) is 0 Å². The normalized spacial score (nSPS) is 15.8. The third-order valence-corrected chi connectivity index (χ3v) is 8.00. The van der Waals surface area contributed by atoms with E-state index in [1.165, 1.54) is 0 Å². The Morgan fingerprint density at radius 2 is 1.94 bits per heavy atom. The van der Waals surface area contributed by atoms with Gasteiger partial charge in [-0.05, 0) is 46.2 Å². The van der Waals surface area contributed by atoms with Crippen LogP contribution >= 0.6 is 0 Å². The van der Waals surface area contributed by atoms with Crippen molar-refractivity contribution < 1.29 is 17.9 Å². The monoisotopic (exact) mass is 516 g/mol. The molecule has 0 bridgehead atoms. The number of imidazole rings is 1. The molecule has 36 heavy (non-hydrogen) atoms. The Morgan fingerprint density at radius 3 is 2.61 bits per heavy atom. The number of benzene rings is 1. The molecule has 196 valence electrons. The van der Waals surface area contributed by atoms with Gasteiger partial charge in [0.05, 0.1) is 35.1 Å². The number of pyridine rings is 1. The van der Waals surface area contributed by atoms with Gasteiger partial charge in [0.1, 0.15) is 16.9 Å². The second-order valence-corrected chi connectivity index (χ2v) is 12.4. The summed E-state index contributed by atoms with van der Waals surface area (Å²) in [7, 11) is -3.07. The molecule has 1 aliphatic rings. The number of nitrogens with two attached hydrogens (primary N) is 1. The number of para-hydroxylation sites is 1. The maximum absolute atomic E-state index is 12.8. The molecule has 0 aliphatic carbocycles. The number of hydrogen-bond acceptors (Lipinski definition) is 8. The summed E-state index contributed by atoms with van der Waals surface area (Å²) in [6.45, 7) is 9.98. The lowest BCUT2D eigenvalue weighted by atomic mass is 10.2. The van der Waals surface area contributed by atoms with Crippen molar-refractivity contribution in [3.05, 3.63) is 30.1 Å². The van der Waals surface area contributed by atoms with Crippen LogP contribution in [-0.2, 0) is 27.7 Å². The summed E-state index contributed by atoms with van der Waals surface area (Å²) in [6.07, 6.45) is 0.988. The molecule has 3 N–H and O–H groups in total. The molecule has 1 saturated heterocycles. The third-order valence-electron chi connectivity index (χ3n) is 6.21. The molecular formula is C25H36N6O4S. The summed E-state index contributed by atoms with van der Waals surface area (Å²) in [6, 6.07) is 7.55. The Hall–Kier alpha value is -2.92. The van der Waals surface area contributed by atoms with Crippen molar-refractivity contribution in [3.8, 4) is 0 Å². The van der Waals surface area contributed by atoms with Gasteiger partial charge in [0, 0.05) is 18.5 Å². The van der Waals surface area contributed by atoms with Crippen molar-refractivity contribution in [3.63, 3.8) is 0 Å². The van der Waals surface area contributed by atoms with Crippen LogP contribution in [0.25, 0.3) is 21.9 Å². The highest BCUT2D eigenvalue weighted by atomic mass is 32.2. The Balaban J connectivity index is 1.54. The maximum Gasteiger partial charge on any atom is 0.410 e. The first-order valence-corrected chi connectivity index (χ1v) is 14.3. The summed E-state index contributed by atoms with van der Waals surface area (Å²) in [5.74, 6) is 1.26. The maximum atomic E-state index is 12.8. The number of rotatable bonds is 9. The van der Waals surface area contributed by atoms with Gasteiger partial charge >= 0.3 is 6.09 Å². The predicted molar refractivity (Wildman–Crippen MR) is 141 cm³/mol. The number of nitrogens with one attached hydrogen (secondary N) is 1. The number of nitrogens with zero attached hydrogens (tertiary/aromatic N) is 4. The van der Waals surface area contributed by atoms with E-state index in [2.05, 4.69) is 14.9 Å². The molecule has 0 spiro atoms. The molecule has 11 heteroatoms. The van der Waals surface area contributed by atoms with Gasteiger partial charge in [0.25, 0.3) is 0 Å². The van der Waals surface area contributed by atoms with Gasteiger partial charge in [-0.3, -0.25) is 0 Å². The van der Waals surface area contributed by atoms with Crippen molar-refractivity contribution in [1.82, 2.24) is 24.8 Å². The average Bonchev–Trinajstić information content (AvgIpc) is 3.14. The molecule has 4 rings (SSSR count). The SMILES string of the molecule is CCNCc1nc2c(N)nc3ccccc3c2n1CCCCN(C(=O)OC(C)(C)C)C1CS(=O)(=O)C1. The van der Waals surface area contributed by atoms with Crippen molar-refractivity contribution in [2.45, 2.75) is 65.3 Å². The number of hydrogen-bond donors (Lipinski definition) is 2. The molecule has 1 aliphatic heterocycles. The van der Waals surface area contributed by atoms with Crippen molar-refractivity contribution in [1.29, 1.82) is 0 Å². The fraction of sp³-hybridized carbons (Fsp3) is 0.560. The topological polar surface area (TPSA) is 132 Å². The fourth-order valence-corrected chi connectivity index (χ4v) is 5.97. The van der Waals surface area contributed by atoms with Crippen LogP contribution in [-0.4, -0.2) is 70.2 Å². The summed E-state index contributed by atoms with van der Waals surface area (Å²) >= 11 is 0. The Bertz CT molecular complexity index is 1350. The number of ether oxygens (including phenoxy) is 1. The highest BCUT2D eigenvalue weighted by Crippen LogP contribution is 2.29. The highest BCUT2D eigenvalue weighted by Gasteiger charge is 2.41. The van der Waals surface area contributed by atoms with E-state index in [1.54, 1.807) is 4.90 Å². The highest BCUT2D eigenvalue weighted by molar-refractivity contribution is 7.92. The number of carbonyl (C=O) groups is 1. The van der Waals surface area contributed by atoms with E-state index >= 15 is 0 Å². The zero-order valence-electron chi connectivity index (χ0n) is 21.5. The molecular weight excluding hydrogens is 480 g/mol. The molecule has 0 unspecified atom stereocenters. The lowest BCUT2D eigenvalue weighted by Gasteiger charge is -2.37. The number of sulfone groups is 1. The Labute approximate surface area is 212 Å². The number of aryl methyl sites for hydroxylation is 1. The Morgan fingerprint density at radius 1 is 1.22 bits per heavy atom. The van der Waals surface area contributed by atoms with Gasteiger partial charge < -0.3 is 25.3 Å². The predicted octanol–water partition coefficient (Wildman–Crippen LogP) is 3.09. The quantitative estimate of drug-likeness (QED) is 0.415. The summed E-state index contributed by atoms with van der Waals surface area (Å²) < 4.78 is 31.3. The molecule has 10 nitrogen and oxygen atoms in total. The van der Waals surface area contributed by atoms with Gasteiger partial charge in [-0.25, -0.2) is 23.2 Å². The van der Waals surface area contributed by atoms with Gasteiger partial charge in [0.2, 0.25) is 0 Å². The molecule has 3 aromatic rings. The van der Waals surface area contributed by atoms with Crippen LogP contribution in [0, 0.1) is 0 Å². The van der Waals surface area contributed by atoms with Gasteiger partial charge in [-0.15, -0.1) is 0 Å². The van der Waals surface area contributed by atoms with E-state index in [0.29, 0.717) is 37.4 Å².